The molecule has 20 heavy (non-hydrogen) atoms. The Morgan fingerprint density at radius 2 is 2.05 bits per heavy atom. The first-order valence-corrected chi connectivity index (χ1v) is 8.22. The van der Waals surface area contributed by atoms with Crippen LogP contribution in [-0.2, 0) is 4.74 Å². The lowest BCUT2D eigenvalue weighted by Crippen LogP contribution is -2.45. The molecule has 1 atom stereocenters. The second-order valence-corrected chi connectivity index (χ2v) is 6.76. The molecule has 110 valence electrons. The Morgan fingerprint density at radius 3 is 2.80 bits per heavy atom. The largest absolute Gasteiger partial charge is 0.490 e. The van der Waals surface area contributed by atoms with Crippen LogP contribution in [0.2, 0.25) is 0 Å². The average molecular weight is 343 g/mol. The average Bonchev–Trinajstić information content (AvgIpc) is 2.44. The van der Waals surface area contributed by atoms with E-state index in [2.05, 4.69) is 15.9 Å². The Labute approximate surface area is 127 Å². The van der Waals surface area contributed by atoms with Crippen LogP contribution >= 0.6 is 15.9 Å². The topological polar surface area (TPSA) is 18.5 Å². The molecule has 0 aromatic heterocycles. The molecule has 0 N–H and O–H groups in total. The predicted octanol–water partition coefficient (Wildman–Crippen LogP) is 4.85. The van der Waals surface area contributed by atoms with Crippen molar-refractivity contribution in [2.45, 2.75) is 56.7 Å². The summed E-state index contributed by atoms with van der Waals surface area (Å²) in [5.41, 5.74) is 0.0229. The van der Waals surface area contributed by atoms with Crippen LogP contribution in [-0.4, -0.2) is 18.3 Å². The molecule has 0 bridgehead atoms. The van der Waals surface area contributed by atoms with Gasteiger partial charge in [-0.1, -0.05) is 19.3 Å². The van der Waals surface area contributed by atoms with Crippen LogP contribution in [0.5, 0.6) is 5.75 Å². The van der Waals surface area contributed by atoms with Crippen LogP contribution in [0.25, 0.3) is 0 Å². The van der Waals surface area contributed by atoms with Crippen LogP contribution in [0.1, 0.15) is 44.9 Å². The summed E-state index contributed by atoms with van der Waals surface area (Å²) < 4.78 is 26.0. The van der Waals surface area contributed by atoms with Crippen molar-refractivity contribution in [3.63, 3.8) is 0 Å². The fraction of sp³-hybridized carbons (Fsp3) is 0.625. The van der Waals surface area contributed by atoms with Crippen molar-refractivity contribution in [3.8, 4) is 5.75 Å². The van der Waals surface area contributed by atoms with Gasteiger partial charge in [-0.3, -0.25) is 0 Å². The summed E-state index contributed by atoms with van der Waals surface area (Å²) in [6.45, 7) is 0.754. The third-order valence-corrected chi connectivity index (χ3v) is 5.05. The monoisotopic (exact) mass is 342 g/mol. The summed E-state index contributed by atoms with van der Waals surface area (Å²) in [7, 11) is 0. The molecular weight excluding hydrogens is 323 g/mol. The first-order chi connectivity index (χ1) is 9.67. The molecular formula is C16H20BrFO2. The maximum atomic E-state index is 13.5. The number of hydrogen-bond donors (Lipinski definition) is 0. The Morgan fingerprint density at radius 1 is 1.25 bits per heavy atom. The van der Waals surface area contributed by atoms with Gasteiger partial charge in [0.05, 0.1) is 16.7 Å². The summed E-state index contributed by atoms with van der Waals surface area (Å²) in [5, 5.41) is 0. The lowest BCUT2D eigenvalue weighted by atomic mass is 9.79. The zero-order valence-electron chi connectivity index (χ0n) is 11.5. The van der Waals surface area contributed by atoms with Gasteiger partial charge in [-0.05, 0) is 40.9 Å². The van der Waals surface area contributed by atoms with Gasteiger partial charge in [-0.25, -0.2) is 4.39 Å². The van der Waals surface area contributed by atoms with Gasteiger partial charge in [0.25, 0.3) is 0 Å². The van der Waals surface area contributed by atoms with E-state index >= 15 is 0 Å². The van der Waals surface area contributed by atoms with Crippen molar-refractivity contribution in [3.05, 3.63) is 28.5 Å². The Kier molecular flexibility index (Phi) is 4.32. The second-order valence-electron chi connectivity index (χ2n) is 5.90. The lowest BCUT2D eigenvalue weighted by molar-refractivity contribution is -0.129. The van der Waals surface area contributed by atoms with Crippen LogP contribution in [0.3, 0.4) is 0 Å². The molecule has 1 aliphatic heterocycles. The molecule has 0 amide bonds. The van der Waals surface area contributed by atoms with Crippen LogP contribution in [0.15, 0.2) is 22.7 Å². The molecule has 1 saturated carbocycles. The minimum absolute atomic E-state index is 0.0229. The highest BCUT2D eigenvalue weighted by Crippen LogP contribution is 2.39. The van der Waals surface area contributed by atoms with Gasteiger partial charge >= 0.3 is 0 Å². The summed E-state index contributed by atoms with van der Waals surface area (Å²) >= 11 is 3.16. The van der Waals surface area contributed by atoms with Crippen molar-refractivity contribution >= 4 is 15.9 Å². The number of benzene rings is 1. The first kappa shape index (κ1) is 14.3. The molecule has 1 spiro atoms. The quantitative estimate of drug-likeness (QED) is 0.764. The molecule has 2 nitrogen and oxygen atoms in total. The van der Waals surface area contributed by atoms with Gasteiger partial charge in [0.15, 0.2) is 0 Å². The Hall–Kier alpha value is -0.610. The highest BCUT2D eigenvalue weighted by molar-refractivity contribution is 9.10. The van der Waals surface area contributed by atoms with E-state index in [1.807, 2.05) is 6.07 Å². The molecule has 1 unspecified atom stereocenters. The first-order valence-electron chi connectivity index (χ1n) is 7.43. The van der Waals surface area contributed by atoms with E-state index in [4.69, 9.17) is 9.47 Å². The SMILES string of the molecule is Fc1cc(OC2CCOC3(CCCCC3)C2)ccc1Br. The van der Waals surface area contributed by atoms with Crippen molar-refractivity contribution in [1.82, 2.24) is 0 Å². The highest BCUT2D eigenvalue weighted by Gasteiger charge is 2.39. The van der Waals surface area contributed by atoms with Crippen LogP contribution < -0.4 is 4.74 Å². The summed E-state index contributed by atoms with van der Waals surface area (Å²) in [5.74, 6) is 0.338. The van der Waals surface area contributed by atoms with Crippen LogP contribution in [0.4, 0.5) is 4.39 Å². The third-order valence-electron chi connectivity index (χ3n) is 4.41. The Bertz CT molecular complexity index is 466. The van der Waals surface area contributed by atoms with Crippen molar-refractivity contribution in [1.29, 1.82) is 0 Å². The molecule has 3 rings (SSSR count). The van der Waals surface area contributed by atoms with E-state index in [0.29, 0.717) is 10.2 Å². The van der Waals surface area contributed by atoms with Crippen molar-refractivity contribution in [2.75, 3.05) is 6.61 Å². The van der Waals surface area contributed by atoms with Gasteiger partial charge in [0, 0.05) is 18.9 Å². The smallest absolute Gasteiger partial charge is 0.141 e. The third kappa shape index (κ3) is 3.17. The molecule has 1 aromatic carbocycles. The number of hydrogen-bond acceptors (Lipinski definition) is 2. The van der Waals surface area contributed by atoms with E-state index in [1.165, 1.54) is 25.3 Å². The summed E-state index contributed by atoms with van der Waals surface area (Å²) in [6, 6.07) is 4.96. The van der Waals surface area contributed by atoms with E-state index in [1.54, 1.807) is 6.07 Å². The molecule has 2 aliphatic rings. The molecule has 1 heterocycles. The zero-order chi connectivity index (χ0) is 14.0. The molecule has 2 fully saturated rings. The standard InChI is InChI=1S/C16H20BrFO2/c17-14-5-4-12(10-15(14)18)20-13-6-9-19-16(11-13)7-2-1-3-8-16/h4-5,10,13H,1-3,6-9,11H2. The van der Waals surface area contributed by atoms with Gasteiger partial charge in [-0.15, -0.1) is 0 Å². The molecule has 4 heteroatoms. The predicted molar refractivity (Wildman–Crippen MR) is 79.5 cm³/mol. The van der Waals surface area contributed by atoms with Gasteiger partial charge < -0.3 is 9.47 Å². The maximum Gasteiger partial charge on any atom is 0.141 e. The van der Waals surface area contributed by atoms with Crippen LogP contribution in [0, 0.1) is 5.82 Å². The van der Waals surface area contributed by atoms with Gasteiger partial charge in [-0.2, -0.15) is 0 Å². The lowest BCUT2D eigenvalue weighted by Gasteiger charge is -2.43. The van der Waals surface area contributed by atoms with E-state index in [0.717, 1.165) is 32.3 Å². The molecule has 1 aliphatic carbocycles. The minimum atomic E-state index is -0.276. The molecule has 1 aromatic rings. The van der Waals surface area contributed by atoms with E-state index in [-0.39, 0.29) is 17.5 Å². The van der Waals surface area contributed by atoms with Crippen molar-refractivity contribution in [2.24, 2.45) is 0 Å². The zero-order valence-corrected chi connectivity index (χ0v) is 13.1. The highest BCUT2D eigenvalue weighted by atomic mass is 79.9. The molecule has 0 radical (unpaired) electrons. The van der Waals surface area contributed by atoms with Gasteiger partial charge in [0.1, 0.15) is 17.7 Å². The molecule has 1 saturated heterocycles. The summed E-state index contributed by atoms with van der Waals surface area (Å²) in [6.07, 6.45) is 8.06. The number of ether oxygens (including phenoxy) is 2. The number of rotatable bonds is 2. The second kappa shape index (κ2) is 6.02. The number of halogens is 2. The van der Waals surface area contributed by atoms with E-state index in [9.17, 15) is 4.39 Å². The fourth-order valence-corrected chi connectivity index (χ4v) is 3.62. The minimum Gasteiger partial charge on any atom is -0.490 e. The Balaban J connectivity index is 1.66. The maximum absolute atomic E-state index is 13.5. The normalized spacial score (nSPS) is 25.6. The van der Waals surface area contributed by atoms with Crippen molar-refractivity contribution < 1.29 is 13.9 Å². The van der Waals surface area contributed by atoms with E-state index < -0.39 is 0 Å². The fourth-order valence-electron chi connectivity index (χ4n) is 3.37. The van der Waals surface area contributed by atoms with Gasteiger partial charge in [0.2, 0.25) is 0 Å². The summed E-state index contributed by atoms with van der Waals surface area (Å²) in [4.78, 5) is 0.